The van der Waals surface area contributed by atoms with E-state index < -0.39 is 23.2 Å². The van der Waals surface area contributed by atoms with E-state index in [0.29, 0.717) is 49.1 Å². The van der Waals surface area contributed by atoms with Crippen LogP contribution in [-0.4, -0.2) is 58.4 Å². The van der Waals surface area contributed by atoms with Gasteiger partial charge in [0.2, 0.25) is 5.78 Å². The Morgan fingerprint density at radius 2 is 1.89 bits per heavy atom. The SMILES string of the molecule is CCCN(C[C@]1(O)CC[C@H]2c3ccc(cc3C(=O)c3cc4ccccc4s3)C[C@@H](O)CCC(C)=CCC[C@@]21C)C(=O)OCC. The first-order chi connectivity index (χ1) is 21.1. The molecule has 3 aromatic rings. The van der Waals surface area contributed by atoms with E-state index in [9.17, 15) is 19.8 Å². The van der Waals surface area contributed by atoms with Gasteiger partial charge in [0.05, 0.1) is 29.7 Å². The molecule has 0 unspecified atom stereocenters. The van der Waals surface area contributed by atoms with Crippen molar-refractivity contribution in [2.45, 2.75) is 96.7 Å². The van der Waals surface area contributed by atoms with Gasteiger partial charge >= 0.3 is 6.09 Å². The summed E-state index contributed by atoms with van der Waals surface area (Å²) >= 11 is 1.51. The predicted molar refractivity (Wildman–Crippen MR) is 178 cm³/mol. The zero-order valence-electron chi connectivity index (χ0n) is 26.6. The maximum Gasteiger partial charge on any atom is 0.409 e. The fourth-order valence-electron chi connectivity index (χ4n) is 7.46. The van der Waals surface area contributed by atoms with Gasteiger partial charge in [-0.15, -0.1) is 11.3 Å². The first-order valence-electron chi connectivity index (χ1n) is 16.2. The van der Waals surface area contributed by atoms with E-state index in [2.05, 4.69) is 32.1 Å². The topological polar surface area (TPSA) is 87.1 Å². The van der Waals surface area contributed by atoms with Gasteiger partial charge in [0, 0.05) is 22.2 Å². The van der Waals surface area contributed by atoms with Crippen molar-refractivity contribution >= 4 is 33.3 Å². The largest absolute Gasteiger partial charge is 0.450 e. The Bertz CT molecular complexity index is 1490. The summed E-state index contributed by atoms with van der Waals surface area (Å²) in [6.45, 7) is 9.07. The van der Waals surface area contributed by atoms with Crippen molar-refractivity contribution in [2.75, 3.05) is 19.7 Å². The Hall–Kier alpha value is -3.00. The van der Waals surface area contributed by atoms with Gasteiger partial charge in [-0.05, 0) is 106 Å². The van der Waals surface area contributed by atoms with Crippen LogP contribution in [0.2, 0.25) is 0 Å². The minimum absolute atomic E-state index is 0.0164. The molecule has 3 aliphatic rings. The second kappa shape index (κ2) is 13.6. The molecule has 2 N–H and O–H groups in total. The van der Waals surface area contributed by atoms with Crippen molar-refractivity contribution in [3.8, 4) is 0 Å². The molecule has 236 valence electrons. The molecule has 4 atom stereocenters. The molecule has 6 nitrogen and oxygen atoms in total. The number of thiophene rings is 1. The number of allylic oxidation sites excluding steroid dienone is 2. The predicted octanol–water partition coefficient (Wildman–Crippen LogP) is 8.04. The number of aliphatic hydroxyl groups excluding tert-OH is 1. The lowest BCUT2D eigenvalue weighted by atomic mass is 9.64. The number of ketones is 1. The van der Waals surface area contributed by atoms with Crippen LogP contribution in [0.4, 0.5) is 4.79 Å². The molecule has 2 bridgehead atoms. The van der Waals surface area contributed by atoms with Gasteiger partial charge < -0.3 is 19.8 Å². The van der Waals surface area contributed by atoms with Gasteiger partial charge in [-0.2, -0.15) is 0 Å². The van der Waals surface area contributed by atoms with E-state index in [4.69, 9.17) is 4.74 Å². The molecule has 0 spiro atoms. The number of carbonyl (C=O) groups excluding carboxylic acids is 2. The molecule has 3 aliphatic carbocycles. The third-order valence-corrected chi connectivity index (χ3v) is 11.2. The van der Waals surface area contributed by atoms with Crippen LogP contribution >= 0.6 is 11.3 Å². The quantitative estimate of drug-likeness (QED) is 0.207. The van der Waals surface area contributed by atoms with E-state index in [1.807, 2.05) is 43.3 Å². The number of benzene rings is 2. The zero-order chi connectivity index (χ0) is 31.5. The fourth-order valence-corrected chi connectivity index (χ4v) is 8.48. The number of ether oxygens (including phenoxy) is 1. The van der Waals surface area contributed by atoms with Crippen molar-refractivity contribution in [1.29, 1.82) is 0 Å². The maximum absolute atomic E-state index is 14.4. The normalized spacial score (nSPS) is 25.7. The minimum atomic E-state index is -1.16. The Kier molecular flexibility index (Phi) is 9.98. The zero-order valence-corrected chi connectivity index (χ0v) is 27.4. The van der Waals surface area contributed by atoms with E-state index in [1.165, 1.54) is 16.9 Å². The molecule has 1 aromatic heterocycles. The van der Waals surface area contributed by atoms with Crippen molar-refractivity contribution in [1.82, 2.24) is 4.90 Å². The number of rotatable bonds is 7. The van der Waals surface area contributed by atoms with Crippen molar-refractivity contribution < 1.29 is 24.5 Å². The van der Waals surface area contributed by atoms with Crippen LogP contribution in [0.25, 0.3) is 10.1 Å². The van der Waals surface area contributed by atoms with Gasteiger partial charge in [-0.3, -0.25) is 4.79 Å². The van der Waals surface area contributed by atoms with Crippen molar-refractivity contribution in [3.05, 3.63) is 81.7 Å². The third kappa shape index (κ3) is 6.51. The second-order valence-electron chi connectivity index (χ2n) is 13.0. The lowest BCUT2D eigenvalue weighted by Gasteiger charge is -2.46. The molecule has 0 radical (unpaired) electrons. The Morgan fingerprint density at radius 3 is 2.64 bits per heavy atom. The average molecular weight is 618 g/mol. The van der Waals surface area contributed by atoms with Crippen LogP contribution in [0.15, 0.2) is 60.2 Å². The first-order valence-corrected chi connectivity index (χ1v) is 17.0. The Labute approximate surface area is 265 Å². The molecule has 0 saturated heterocycles. The molecular weight excluding hydrogens is 570 g/mol. The van der Waals surface area contributed by atoms with Crippen LogP contribution in [0.1, 0.15) is 105 Å². The van der Waals surface area contributed by atoms with E-state index in [1.54, 1.807) is 11.8 Å². The number of nitrogens with zero attached hydrogens (tertiary/aromatic N) is 1. The summed E-state index contributed by atoms with van der Waals surface area (Å²) in [6.07, 6.45) is 6.74. The number of hydrogen-bond acceptors (Lipinski definition) is 6. The summed E-state index contributed by atoms with van der Waals surface area (Å²) < 4.78 is 6.46. The molecule has 1 fully saturated rings. The number of carbonyl (C=O) groups is 2. The molecule has 0 aliphatic heterocycles. The molecule has 2 aromatic carbocycles. The van der Waals surface area contributed by atoms with Gasteiger partial charge in [-0.1, -0.05) is 55.8 Å². The van der Waals surface area contributed by atoms with E-state index in [-0.39, 0.29) is 24.9 Å². The highest BCUT2D eigenvalue weighted by Crippen LogP contribution is 2.59. The summed E-state index contributed by atoms with van der Waals surface area (Å²) in [5, 5.41) is 24.5. The van der Waals surface area contributed by atoms with Gasteiger partial charge in [-0.25, -0.2) is 4.79 Å². The van der Waals surface area contributed by atoms with Crippen LogP contribution in [0, 0.1) is 5.41 Å². The summed E-state index contributed by atoms with van der Waals surface area (Å²) in [4.78, 5) is 29.7. The number of hydrogen-bond donors (Lipinski definition) is 2. The highest BCUT2D eigenvalue weighted by Gasteiger charge is 2.57. The fraction of sp³-hybridized carbons (Fsp3) is 0.514. The van der Waals surface area contributed by atoms with E-state index >= 15 is 0 Å². The van der Waals surface area contributed by atoms with Crippen molar-refractivity contribution in [2.24, 2.45) is 5.41 Å². The highest BCUT2D eigenvalue weighted by molar-refractivity contribution is 7.21. The van der Waals surface area contributed by atoms with Crippen LogP contribution in [0.3, 0.4) is 0 Å². The molecule has 1 saturated carbocycles. The standard InChI is InChI=1S/C37H47NO5S/c1-5-20-38(35(41)43-6-2)24-37(42)19-17-31-29-16-14-26(21-28(39)15-13-25(3)10-9-18-36(31,37)4)22-30(29)34(40)33-23-27-11-7-8-12-32(27)44-33/h7-8,10-12,14,16,22-23,28,31,39,42H,5-6,9,13,15,17-21,24H2,1-4H3/t28-,31-,36-,37+/m0/s1. The molecule has 1 amide bonds. The second-order valence-corrected chi connectivity index (χ2v) is 14.1. The molecule has 7 heteroatoms. The van der Waals surface area contributed by atoms with Crippen molar-refractivity contribution in [3.63, 3.8) is 0 Å². The van der Waals surface area contributed by atoms with Gasteiger partial charge in [0.1, 0.15) is 0 Å². The van der Waals surface area contributed by atoms with Crippen LogP contribution in [-0.2, 0) is 11.2 Å². The third-order valence-electron chi connectivity index (χ3n) is 10.0. The first kappa shape index (κ1) is 32.4. The number of aliphatic hydroxyl groups is 2. The average Bonchev–Trinajstić information content (AvgIpc) is 3.54. The number of amides is 1. The summed E-state index contributed by atoms with van der Waals surface area (Å²) in [5.74, 6) is -0.112. The Balaban J connectivity index is 1.61. The van der Waals surface area contributed by atoms with E-state index in [0.717, 1.165) is 40.5 Å². The maximum atomic E-state index is 14.4. The number of fused-ring (bicyclic) bond motifs is 9. The van der Waals surface area contributed by atoms with Crippen LogP contribution < -0.4 is 0 Å². The summed E-state index contributed by atoms with van der Waals surface area (Å²) in [6, 6.07) is 16.1. The lowest BCUT2D eigenvalue weighted by Crippen LogP contribution is -2.54. The van der Waals surface area contributed by atoms with Gasteiger partial charge in [0.15, 0.2) is 0 Å². The molecule has 44 heavy (non-hydrogen) atoms. The Morgan fingerprint density at radius 1 is 1.09 bits per heavy atom. The molecule has 1 heterocycles. The minimum Gasteiger partial charge on any atom is -0.450 e. The van der Waals surface area contributed by atoms with Gasteiger partial charge in [0.25, 0.3) is 0 Å². The molecule has 6 rings (SSSR count). The smallest absolute Gasteiger partial charge is 0.409 e. The summed E-state index contributed by atoms with van der Waals surface area (Å²) in [7, 11) is 0. The highest BCUT2D eigenvalue weighted by atomic mass is 32.1. The molecular formula is C37H47NO5S. The van der Waals surface area contributed by atoms with Crippen LogP contribution in [0.5, 0.6) is 0 Å². The summed E-state index contributed by atoms with van der Waals surface area (Å²) in [5.41, 5.74) is 2.00. The monoisotopic (exact) mass is 617 g/mol. The lowest BCUT2D eigenvalue weighted by molar-refractivity contribution is -0.0809.